The maximum Gasteiger partial charge on any atom is 0.274 e. The van der Waals surface area contributed by atoms with Crippen molar-refractivity contribution in [3.63, 3.8) is 0 Å². The largest absolute Gasteiger partial charge is 0.385 e. The molecule has 2 rings (SSSR count). The Hall–Kier alpha value is -2.52. The quantitative estimate of drug-likeness (QED) is 0.376. The van der Waals surface area contributed by atoms with Gasteiger partial charge in [0.05, 0.1) is 11.5 Å². The van der Waals surface area contributed by atoms with Crippen LogP contribution in [0.2, 0.25) is 0 Å². The van der Waals surface area contributed by atoms with Crippen molar-refractivity contribution >= 4 is 23.2 Å². The molecule has 2 amide bonds. The van der Waals surface area contributed by atoms with Gasteiger partial charge in [-0.3, -0.25) is 24.6 Å². The summed E-state index contributed by atoms with van der Waals surface area (Å²) in [5, 5.41) is 16.6. The van der Waals surface area contributed by atoms with Crippen LogP contribution in [0.3, 0.4) is 0 Å². The number of hydrogen-bond donors (Lipinski definition) is 2. The van der Waals surface area contributed by atoms with Crippen LogP contribution in [-0.2, 0) is 14.3 Å². The fourth-order valence-electron chi connectivity index (χ4n) is 3.21. The molecule has 0 atom stereocenters. The van der Waals surface area contributed by atoms with Crippen LogP contribution in [0.1, 0.15) is 24.8 Å². The van der Waals surface area contributed by atoms with E-state index in [2.05, 4.69) is 10.6 Å². The molecule has 1 aromatic rings. The van der Waals surface area contributed by atoms with E-state index in [0.717, 1.165) is 6.42 Å². The minimum atomic E-state index is -0.462. The standard InChI is InChI=1S/C19H28N4O5/c1-14-4-5-16(12-17(14)23(26)27)21-18(24)13-22-9-6-15(7-10-22)19(25)20-8-3-11-28-2/h4-5,12,15H,3,6-11,13H2,1-2H3,(H,20,25)(H,21,24). The van der Waals surface area contributed by atoms with Crippen LogP contribution in [0.5, 0.6) is 0 Å². The van der Waals surface area contributed by atoms with Crippen LogP contribution in [0, 0.1) is 23.0 Å². The van der Waals surface area contributed by atoms with E-state index >= 15 is 0 Å². The lowest BCUT2D eigenvalue weighted by Gasteiger charge is -2.30. The molecule has 1 aromatic carbocycles. The van der Waals surface area contributed by atoms with E-state index < -0.39 is 4.92 Å². The second-order valence-electron chi connectivity index (χ2n) is 6.99. The van der Waals surface area contributed by atoms with Gasteiger partial charge >= 0.3 is 0 Å². The molecule has 1 fully saturated rings. The molecule has 9 heteroatoms. The first-order valence-electron chi connectivity index (χ1n) is 9.44. The first-order chi connectivity index (χ1) is 13.4. The molecule has 1 saturated heterocycles. The summed E-state index contributed by atoms with van der Waals surface area (Å²) in [6, 6.07) is 4.64. The van der Waals surface area contributed by atoms with E-state index in [9.17, 15) is 19.7 Å². The SMILES string of the molecule is COCCCNC(=O)C1CCN(CC(=O)Nc2ccc(C)c([N+](=O)[O-])c2)CC1. The molecule has 1 aliphatic heterocycles. The smallest absolute Gasteiger partial charge is 0.274 e. The fraction of sp³-hybridized carbons (Fsp3) is 0.579. The third-order valence-electron chi connectivity index (χ3n) is 4.84. The summed E-state index contributed by atoms with van der Waals surface area (Å²) in [6.07, 6.45) is 2.21. The Kier molecular flexibility index (Phi) is 8.34. The maximum absolute atomic E-state index is 12.3. The molecule has 28 heavy (non-hydrogen) atoms. The molecule has 9 nitrogen and oxygen atoms in total. The summed E-state index contributed by atoms with van der Waals surface area (Å²) in [5.41, 5.74) is 0.938. The lowest BCUT2D eigenvalue weighted by Crippen LogP contribution is -2.43. The molecule has 0 radical (unpaired) electrons. The summed E-state index contributed by atoms with van der Waals surface area (Å²) in [6.45, 7) is 4.41. The Bertz CT molecular complexity index is 702. The molecule has 0 spiro atoms. The zero-order valence-corrected chi connectivity index (χ0v) is 16.4. The number of likely N-dealkylation sites (tertiary alicyclic amines) is 1. The Morgan fingerprint density at radius 2 is 2.04 bits per heavy atom. The number of benzene rings is 1. The number of aryl methyl sites for hydroxylation is 1. The van der Waals surface area contributed by atoms with Gasteiger partial charge in [-0.05, 0) is 45.3 Å². The van der Waals surface area contributed by atoms with E-state index in [0.29, 0.717) is 50.3 Å². The minimum Gasteiger partial charge on any atom is -0.385 e. The molecular weight excluding hydrogens is 364 g/mol. The molecular formula is C19H28N4O5. The Morgan fingerprint density at radius 3 is 2.68 bits per heavy atom. The molecule has 0 aromatic heterocycles. The van der Waals surface area contributed by atoms with Crippen molar-refractivity contribution in [3.05, 3.63) is 33.9 Å². The van der Waals surface area contributed by atoms with Crippen molar-refractivity contribution in [2.24, 2.45) is 5.92 Å². The number of carbonyl (C=O) groups excluding carboxylic acids is 2. The van der Waals surface area contributed by atoms with Crippen molar-refractivity contribution in [2.45, 2.75) is 26.2 Å². The van der Waals surface area contributed by atoms with Gasteiger partial charge in [0.2, 0.25) is 11.8 Å². The van der Waals surface area contributed by atoms with Gasteiger partial charge in [-0.2, -0.15) is 0 Å². The number of nitrogens with one attached hydrogen (secondary N) is 2. The zero-order valence-electron chi connectivity index (χ0n) is 16.4. The topological polar surface area (TPSA) is 114 Å². The van der Waals surface area contributed by atoms with E-state index in [1.165, 1.54) is 6.07 Å². The molecule has 154 valence electrons. The highest BCUT2D eigenvalue weighted by atomic mass is 16.6. The molecule has 1 aliphatic rings. The fourth-order valence-corrected chi connectivity index (χ4v) is 3.21. The number of ether oxygens (including phenoxy) is 1. The summed E-state index contributed by atoms with van der Waals surface area (Å²) in [5.74, 6) is -0.186. The minimum absolute atomic E-state index is 0.0184. The monoisotopic (exact) mass is 392 g/mol. The summed E-state index contributed by atoms with van der Waals surface area (Å²) in [4.78, 5) is 36.9. The van der Waals surface area contributed by atoms with Gasteiger partial charge in [0.25, 0.3) is 5.69 Å². The van der Waals surface area contributed by atoms with E-state index in [-0.39, 0.29) is 30.0 Å². The molecule has 0 unspecified atom stereocenters. The predicted octanol–water partition coefficient (Wildman–Crippen LogP) is 1.71. The molecule has 0 bridgehead atoms. The second kappa shape index (κ2) is 10.7. The highest BCUT2D eigenvalue weighted by Gasteiger charge is 2.25. The van der Waals surface area contributed by atoms with Gasteiger partial charge in [-0.15, -0.1) is 0 Å². The zero-order chi connectivity index (χ0) is 20.5. The number of piperidine rings is 1. The lowest BCUT2D eigenvalue weighted by molar-refractivity contribution is -0.385. The predicted molar refractivity (Wildman–Crippen MR) is 105 cm³/mol. The average Bonchev–Trinajstić information content (AvgIpc) is 2.67. The maximum atomic E-state index is 12.3. The summed E-state index contributed by atoms with van der Waals surface area (Å²) in [7, 11) is 1.63. The van der Waals surface area contributed by atoms with E-state index in [1.807, 2.05) is 4.90 Å². The summed E-state index contributed by atoms with van der Waals surface area (Å²) >= 11 is 0. The van der Waals surface area contributed by atoms with Crippen molar-refractivity contribution in [1.29, 1.82) is 0 Å². The Morgan fingerprint density at radius 1 is 1.32 bits per heavy atom. The second-order valence-corrected chi connectivity index (χ2v) is 6.99. The van der Waals surface area contributed by atoms with Crippen LogP contribution in [0.4, 0.5) is 11.4 Å². The molecule has 1 heterocycles. The van der Waals surface area contributed by atoms with Gasteiger partial charge in [0.1, 0.15) is 0 Å². The van der Waals surface area contributed by atoms with Gasteiger partial charge < -0.3 is 15.4 Å². The van der Waals surface area contributed by atoms with Crippen LogP contribution >= 0.6 is 0 Å². The van der Waals surface area contributed by atoms with Crippen LogP contribution < -0.4 is 10.6 Å². The third kappa shape index (κ3) is 6.58. The molecule has 0 saturated carbocycles. The number of hydrogen-bond acceptors (Lipinski definition) is 6. The average molecular weight is 392 g/mol. The number of nitrogens with zero attached hydrogens (tertiary/aromatic N) is 2. The van der Waals surface area contributed by atoms with Crippen molar-refractivity contribution in [3.8, 4) is 0 Å². The van der Waals surface area contributed by atoms with E-state index in [1.54, 1.807) is 26.2 Å². The van der Waals surface area contributed by atoms with Gasteiger partial charge in [-0.25, -0.2) is 0 Å². The third-order valence-corrected chi connectivity index (χ3v) is 4.84. The number of anilines is 1. The van der Waals surface area contributed by atoms with Gasteiger partial charge in [0.15, 0.2) is 0 Å². The number of nitro groups is 1. The molecule has 0 aliphatic carbocycles. The van der Waals surface area contributed by atoms with Crippen molar-refractivity contribution in [2.75, 3.05) is 45.2 Å². The van der Waals surface area contributed by atoms with Crippen molar-refractivity contribution in [1.82, 2.24) is 10.2 Å². The van der Waals surface area contributed by atoms with Crippen molar-refractivity contribution < 1.29 is 19.2 Å². The summed E-state index contributed by atoms with van der Waals surface area (Å²) < 4.78 is 4.96. The van der Waals surface area contributed by atoms with Gasteiger partial charge in [-0.1, -0.05) is 6.07 Å². The van der Waals surface area contributed by atoms with Crippen LogP contribution in [0.25, 0.3) is 0 Å². The number of nitro benzene ring substituents is 1. The van der Waals surface area contributed by atoms with Crippen LogP contribution in [0.15, 0.2) is 18.2 Å². The number of rotatable bonds is 9. The van der Waals surface area contributed by atoms with Crippen LogP contribution in [-0.4, -0.2) is 61.5 Å². The van der Waals surface area contributed by atoms with Gasteiger partial charge in [0, 0.05) is 43.5 Å². The normalized spacial score (nSPS) is 15.2. The lowest BCUT2D eigenvalue weighted by atomic mass is 9.96. The first kappa shape index (κ1) is 21.8. The number of methoxy groups -OCH3 is 1. The molecule has 2 N–H and O–H groups in total. The highest BCUT2D eigenvalue weighted by Crippen LogP contribution is 2.22. The highest BCUT2D eigenvalue weighted by molar-refractivity contribution is 5.92. The van der Waals surface area contributed by atoms with E-state index in [4.69, 9.17) is 4.74 Å². The first-order valence-corrected chi connectivity index (χ1v) is 9.44. The Balaban J connectivity index is 1.75. The number of carbonyl (C=O) groups is 2. The Labute approximate surface area is 164 Å². The number of amides is 2.